The van der Waals surface area contributed by atoms with E-state index in [-0.39, 0.29) is 11.6 Å². The minimum atomic E-state index is -0.392. The second kappa shape index (κ2) is 6.08. The maximum atomic E-state index is 12.7. The van der Waals surface area contributed by atoms with Crippen molar-refractivity contribution in [3.05, 3.63) is 65.9 Å². The summed E-state index contributed by atoms with van der Waals surface area (Å²) in [5, 5.41) is 4.09. The fraction of sp³-hybridized carbons (Fsp3) is 0.158. The van der Waals surface area contributed by atoms with Gasteiger partial charge in [0.25, 0.3) is 0 Å². The van der Waals surface area contributed by atoms with Gasteiger partial charge >= 0.3 is 0 Å². The highest BCUT2D eigenvalue weighted by atomic mass is 16.1. The number of Topliss-reactive ketones (excluding diaryl/α,β-unsaturated/α-hetero) is 2. The van der Waals surface area contributed by atoms with Crippen LogP contribution in [-0.4, -0.2) is 22.6 Å². The Morgan fingerprint density at radius 1 is 1.09 bits per heavy atom. The molecule has 0 amide bonds. The summed E-state index contributed by atoms with van der Waals surface area (Å²) >= 11 is 0. The molecule has 116 valence electrons. The lowest BCUT2D eigenvalue weighted by atomic mass is 10.0. The number of hydrogen-bond acceptors (Lipinski definition) is 3. The predicted octanol–water partition coefficient (Wildman–Crippen LogP) is 4.05. The van der Waals surface area contributed by atoms with E-state index in [4.69, 9.17) is 0 Å². The van der Waals surface area contributed by atoms with Gasteiger partial charge in [-0.25, -0.2) is 0 Å². The third-order valence-electron chi connectivity index (χ3n) is 3.90. The van der Waals surface area contributed by atoms with Gasteiger partial charge < -0.3 is 10.3 Å². The topological polar surface area (TPSA) is 62.0 Å². The van der Waals surface area contributed by atoms with Gasteiger partial charge in [-0.1, -0.05) is 30.3 Å². The van der Waals surface area contributed by atoms with E-state index in [1.54, 1.807) is 18.3 Å². The number of carbonyl (C=O) groups is 2. The number of carbonyl (C=O) groups excluding carboxylic acids is 2. The molecule has 3 aromatic rings. The van der Waals surface area contributed by atoms with Crippen molar-refractivity contribution in [2.45, 2.75) is 19.9 Å². The molecule has 0 spiro atoms. The first-order valence-corrected chi connectivity index (χ1v) is 7.54. The molecule has 0 fully saturated rings. The van der Waals surface area contributed by atoms with Crippen LogP contribution in [0.3, 0.4) is 0 Å². The third kappa shape index (κ3) is 3.01. The average Bonchev–Trinajstić information content (AvgIpc) is 2.98. The lowest BCUT2D eigenvalue weighted by molar-refractivity contribution is 0.0976. The zero-order valence-electron chi connectivity index (χ0n) is 13.1. The fourth-order valence-electron chi connectivity index (χ4n) is 2.65. The number of H-pyrrole nitrogens is 1. The molecule has 0 radical (unpaired) electrons. The van der Waals surface area contributed by atoms with Crippen LogP contribution in [0.4, 0.5) is 5.69 Å². The zero-order valence-corrected chi connectivity index (χ0v) is 13.1. The normalized spacial score (nSPS) is 12.1. The third-order valence-corrected chi connectivity index (χ3v) is 3.90. The lowest BCUT2D eigenvalue weighted by Gasteiger charge is -2.14. The molecule has 4 nitrogen and oxygen atoms in total. The van der Waals surface area contributed by atoms with E-state index in [1.807, 2.05) is 43.3 Å². The van der Waals surface area contributed by atoms with Crippen LogP contribution < -0.4 is 5.32 Å². The Morgan fingerprint density at radius 2 is 1.87 bits per heavy atom. The summed E-state index contributed by atoms with van der Waals surface area (Å²) in [7, 11) is 0. The molecular formula is C19H18N2O2. The molecule has 0 aliphatic rings. The van der Waals surface area contributed by atoms with Crippen LogP contribution in [0.2, 0.25) is 0 Å². The number of nitrogens with one attached hydrogen (secondary N) is 2. The maximum absolute atomic E-state index is 12.7. The van der Waals surface area contributed by atoms with Crippen molar-refractivity contribution in [2.24, 2.45) is 0 Å². The first-order chi connectivity index (χ1) is 11.1. The van der Waals surface area contributed by atoms with E-state index in [0.717, 1.165) is 16.6 Å². The number of benzene rings is 2. The summed E-state index contributed by atoms with van der Waals surface area (Å²) in [4.78, 5) is 27.3. The summed E-state index contributed by atoms with van der Waals surface area (Å²) in [6.45, 7) is 3.35. The van der Waals surface area contributed by atoms with Crippen LogP contribution in [0.1, 0.15) is 34.6 Å². The van der Waals surface area contributed by atoms with E-state index in [0.29, 0.717) is 11.1 Å². The van der Waals surface area contributed by atoms with Crippen LogP contribution in [0.5, 0.6) is 0 Å². The first kappa shape index (κ1) is 15.0. The average molecular weight is 306 g/mol. The molecule has 1 atom stereocenters. The zero-order chi connectivity index (χ0) is 16.4. The second-order valence-electron chi connectivity index (χ2n) is 5.62. The van der Waals surface area contributed by atoms with Crippen molar-refractivity contribution in [2.75, 3.05) is 5.32 Å². The maximum Gasteiger partial charge on any atom is 0.186 e. The lowest BCUT2D eigenvalue weighted by Crippen LogP contribution is -2.26. The minimum absolute atomic E-state index is 0.00394. The van der Waals surface area contributed by atoms with E-state index in [9.17, 15) is 9.59 Å². The molecule has 2 N–H and O–H groups in total. The molecular weight excluding hydrogens is 288 g/mol. The number of aromatic nitrogens is 1. The Balaban J connectivity index is 1.83. The van der Waals surface area contributed by atoms with Crippen LogP contribution in [0, 0.1) is 0 Å². The molecule has 3 rings (SSSR count). The van der Waals surface area contributed by atoms with Gasteiger partial charge in [0.2, 0.25) is 0 Å². The van der Waals surface area contributed by atoms with Gasteiger partial charge in [0.15, 0.2) is 11.6 Å². The number of para-hydroxylation sites is 1. The summed E-state index contributed by atoms with van der Waals surface area (Å²) in [5.74, 6) is 0.0138. The van der Waals surface area contributed by atoms with E-state index >= 15 is 0 Å². The second-order valence-corrected chi connectivity index (χ2v) is 5.62. The van der Waals surface area contributed by atoms with E-state index < -0.39 is 6.04 Å². The number of hydrogen-bond donors (Lipinski definition) is 2. The molecule has 0 saturated carbocycles. The van der Waals surface area contributed by atoms with Gasteiger partial charge in [0, 0.05) is 33.9 Å². The summed E-state index contributed by atoms with van der Waals surface area (Å²) in [6, 6.07) is 14.5. The molecule has 4 heteroatoms. The number of rotatable bonds is 5. The van der Waals surface area contributed by atoms with Crippen molar-refractivity contribution in [1.29, 1.82) is 0 Å². The molecule has 0 aliphatic heterocycles. The minimum Gasteiger partial charge on any atom is -0.375 e. The Hall–Kier alpha value is -2.88. The molecule has 2 aromatic carbocycles. The molecule has 1 unspecified atom stereocenters. The number of anilines is 1. The molecule has 1 heterocycles. The van der Waals surface area contributed by atoms with Gasteiger partial charge in [-0.2, -0.15) is 0 Å². The molecule has 23 heavy (non-hydrogen) atoms. The van der Waals surface area contributed by atoms with Gasteiger partial charge in [-0.3, -0.25) is 9.59 Å². The summed E-state index contributed by atoms with van der Waals surface area (Å²) < 4.78 is 0. The van der Waals surface area contributed by atoms with Crippen molar-refractivity contribution >= 4 is 28.2 Å². The van der Waals surface area contributed by atoms with Crippen LogP contribution in [0.15, 0.2) is 54.7 Å². The van der Waals surface area contributed by atoms with E-state index in [2.05, 4.69) is 10.3 Å². The van der Waals surface area contributed by atoms with Crippen LogP contribution in [-0.2, 0) is 0 Å². The summed E-state index contributed by atoms with van der Waals surface area (Å²) in [6.07, 6.45) is 1.75. The highest BCUT2D eigenvalue weighted by Crippen LogP contribution is 2.20. The van der Waals surface area contributed by atoms with E-state index in [1.165, 1.54) is 6.92 Å². The Morgan fingerprint density at radius 3 is 2.65 bits per heavy atom. The SMILES string of the molecule is CC(=O)c1cccc(NC(C)C(=O)c2c[nH]c3ccccc23)c1. The largest absolute Gasteiger partial charge is 0.375 e. The van der Waals surface area contributed by atoms with Gasteiger partial charge in [-0.05, 0) is 32.0 Å². The standard InChI is InChI=1S/C19H18N2O2/c1-12(21-15-7-5-6-14(10-15)13(2)22)19(23)17-11-20-18-9-4-3-8-16(17)18/h3-12,20-21H,1-2H3. The van der Waals surface area contributed by atoms with Crippen molar-refractivity contribution in [3.8, 4) is 0 Å². The molecule has 0 aliphatic carbocycles. The van der Waals surface area contributed by atoms with Crippen molar-refractivity contribution in [3.63, 3.8) is 0 Å². The molecule has 1 aromatic heterocycles. The number of fused-ring (bicyclic) bond motifs is 1. The van der Waals surface area contributed by atoms with Gasteiger partial charge in [0.1, 0.15) is 0 Å². The summed E-state index contributed by atoms with van der Waals surface area (Å²) in [5.41, 5.74) is 3.00. The molecule has 0 bridgehead atoms. The Labute approximate surface area is 134 Å². The van der Waals surface area contributed by atoms with Crippen LogP contribution >= 0.6 is 0 Å². The quantitative estimate of drug-likeness (QED) is 0.699. The van der Waals surface area contributed by atoms with Crippen molar-refractivity contribution in [1.82, 2.24) is 4.98 Å². The number of ketones is 2. The van der Waals surface area contributed by atoms with Gasteiger partial charge in [0.05, 0.1) is 6.04 Å². The van der Waals surface area contributed by atoms with Gasteiger partial charge in [-0.15, -0.1) is 0 Å². The van der Waals surface area contributed by atoms with Crippen molar-refractivity contribution < 1.29 is 9.59 Å². The smallest absolute Gasteiger partial charge is 0.186 e. The fourth-order valence-corrected chi connectivity index (χ4v) is 2.65. The number of aromatic amines is 1. The predicted molar refractivity (Wildman–Crippen MR) is 92.2 cm³/mol. The molecule has 0 saturated heterocycles. The highest BCUT2D eigenvalue weighted by Gasteiger charge is 2.18. The van der Waals surface area contributed by atoms with Crippen LogP contribution in [0.25, 0.3) is 10.9 Å². The first-order valence-electron chi connectivity index (χ1n) is 7.54. The highest BCUT2D eigenvalue weighted by molar-refractivity contribution is 6.11. The monoisotopic (exact) mass is 306 g/mol. The Bertz CT molecular complexity index is 880. The Kier molecular flexibility index (Phi) is 3.98.